The molecular formula is C14H29NO. The molecule has 96 valence electrons. The van der Waals surface area contributed by atoms with Crippen molar-refractivity contribution in [2.24, 2.45) is 11.8 Å². The lowest BCUT2D eigenvalue weighted by atomic mass is 9.81. The molecule has 0 saturated heterocycles. The fraction of sp³-hybridized carbons (Fsp3) is 1.00. The summed E-state index contributed by atoms with van der Waals surface area (Å²) in [5.74, 6) is 1.91. The Labute approximate surface area is 101 Å². The van der Waals surface area contributed by atoms with Crippen LogP contribution in [-0.2, 0) is 0 Å². The largest absolute Gasteiger partial charge is 0.396 e. The molecular weight excluding hydrogens is 198 g/mol. The molecule has 1 fully saturated rings. The third kappa shape index (κ3) is 5.31. The lowest BCUT2D eigenvalue weighted by Crippen LogP contribution is -2.33. The van der Waals surface area contributed by atoms with Crippen LogP contribution in [0.2, 0.25) is 0 Å². The van der Waals surface area contributed by atoms with Crippen LogP contribution in [0.1, 0.15) is 58.8 Å². The molecule has 16 heavy (non-hydrogen) atoms. The predicted octanol–water partition coefficient (Wildman–Crippen LogP) is 2.95. The Kier molecular flexibility index (Phi) is 7.06. The van der Waals surface area contributed by atoms with Crippen LogP contribution in [0.3, 0.4) is 0 Å². The van der Waals surface area contributed by atoms with E-state index in [1.165, 1.54) is 38.6 Å². The van der Waals surface area contributed by atoms with Crippen LogP contribution in [0.4, 0.5) is 0 Å². The molecule has 0 heterocycles. The summed E-state index contributed by atoms with van der Waals surface area (Å²) in [6, 6.07) is 0.566. The van der Waals surface area contributed by atoms with Gasteiger partial charge in [-0.1, -0.05) is 26.2 Å². The third-order valence-corrected chi connectivity index (χ3v) is 4.09. The summed E-state index contributed by atoms with van der Waals surface area (Å²) in [6.45, 7) is 6.06. The highest BCUT2D eigenvalue weighted by Gasteiger charge is 2.19. The van der Waals surface area contributed by atoms with Crippen molar-refractivity contribution in [1.29, 1.82) is 0 Å². The van der Waals surface area contributed by atoms with Crippen LogP contribution in [0.15, 0.2) is 0 Å². The van der Waals surface area contributed by atoms with Crippen LogP contribution >= 0.6 is 0 Å². The Bertz CT molecular complexity index is 164. The van der Waals surface area contributed by atoms with Crippen molar-refractivity contribution in [1.82, 2.24) is 5.32 Å². The molecule has 0 aromatic rings. The fourth-order valence-corrected chi connectivity index (χ4v) is 2.71. The van der Waals surface area contributed by atoms with Gasteiger partial charge in [-0.25, -0.2) is 0 Å². The second kappa shape index (κ2) is 8.08. The van der Waals surface area contributed by atoms with Gasteiger partial charge in [0.25, 0.3) is 0 Å². The first kappa shape index (κ1) is 14.0. The molecule has 2 N–H and O–H groups in total. The first-order chi connectivity index (χ1) is 7.76. The number of nitrogens with one attached hydrogen (secondary N) is 1. The number of hydrogen-bond donors (Lipinski definition) is 2. The lowest BCUT2D eigenvalue weighted by molar-refractivity contribution is 0.249. The lowest BCUT2D eigenvalue weighted by Gasteiger charge is -2.29. The fourth-order valence-electron chi connectivity index (χ4n) is 2.71. The van der Waals surface area contributed by atoms with Gasteiger partial charge in [0.05, 0.1) is 0 Å². The molecule has 2 nitrogen and oxygen atoms in total. The Morgan fingerprint density at radius 1 is 1.19 bits per heavy atom. The second-order valence-corrected chi connectivity index (χ2v) is 5.47. The highest BCUT2D eigenvalue weighted by atomic mass is 16.2. The second-order valence-electron chi connectivity index (χ2n) is 5.47. The predicted molar refractivity (Wildman–Crippen MR) is 69.5 cm³/mol. The van der Waals surface area contributed by atoms with Gasteiger partial charge in [0.15, 0.2) is 0 Å². The minimum Gasteiger partial charge on any atom is -0.396 e. The Morgan fingerprint density at radius 3 is 2.38 bits per heavy atom. The van der Waals surface area contributed by atoms with E-state index in [2.05, 4.69) is 19.2 Å². The monoisotopic (exact) mass is 227 g/mol. The van der Waals surface area contributed by atoms with Gasteiger partial charge in [0.1, 0.15) is 0 Å². The van der Waals surface area contributed by atoms with E-state index >= 15 is 0 Å². The molecule has 2 heteroatoms. The Morgan fingerprint density at radius 2 is 1.81 bits per heavy atom. The number of aliphatic hydroxyl groups is 1. The summed E-state index contributed by atoms with van der Waals surface area (Å²) in [6.07, 6.45) is 9.10. The highest BCUT2D eigenvalue weighted by Crippen LogP contribution is 2.30. The molecule has 1 aliphatic carbocycles. The quantitative estimate of drug-likeness (QED) is 0.701. The average Bonchev–Trinajstić information content (AvgIpc) is 2.34. The van der Waals surface area contributed by atoms with E-state index < -0.39 is 0 Å². The first-order valence-electron chi connectivity index (χ1n) is 7.10. The smallest absolute Gasteiger partial charge is 0.0431 e. The molecule has 1 rings (SSSR count). The van der Waals surface area contributed by atoms with E-state index in [4.69, 9.17) is 5.11 Å². The van der Waals surface area contributed by atoms with E-state index in [-0.39, 0.29) is 0 Å². The van der Waals surface area contributed by atoms with E-state index in [1.54, 1.807) is 0 Å². The summed E-state index contributed by atoms with van der Waals surface area (Å²) in [7, 11) is 0. The van der Waals surface area contributed by atoms with Crippen LogP contribution < -0.4 is 5.32 Å². The van der Waals surface area contributed by atoms with Crippen molar-refractivity contribution in [3.63, 3.8) is 0 Å². The molecule has 0 amide bonds. The van der Waals surface area contributed by atoms with E-state index in [0.29, 0.717) is 12.6 Å². The first-order valence-corrected chi connectivity index (χ1v) is 7.10. The van der Waals surface area contributed by atoms with Crippen LogP contribution in [-0.4, -0.2) is 24.3 Å². The van der Waals surface area contributed by atoms with Crippen LogP contribution in [0, 0.1) is 11.8 Å². The third-order valence-electron chi connectivity index (χ3n) is 4.09. The maximum absolute atomic E-state index is 8.76. The molecule has 1 unspecified atom stereocenters. The maximum Gasteiger partial charge on any atom is 0.0431 e. The van der Waals surface area contributed by atoms with Crippen molar-refractivity contribution >= 4 is 0 Å². The molecule has 0 bridgehead atoms. The standard InChI is InChI=1S/C14H29NO/c1-3-13-6-8-14(9-7-13)11-15-12(2)5-4-10-16/h12-16H,3-11H2,1-2H3. The normalized spacial score (nSPS) is 27.9. The van der Waals surface area contributed by atoms with Gasteiger partial charge < -0.3 is 10.4 Å². The summed E-state index contributed by atoms with van der Waals surface area (Å²) in [5, 5.41) is 12.4. The van der Waals surface area contributed by atoms with Crippen molar-refractivity contribution in [2.45, 2.75) is 64.8 Å². The highest BCUT2D eigenvalue weighted by molar-refractivity contribution is 4.74. The van der Waals surface area contributed by atoms with Crippen molar-refractivity contribution < 1.29 is 5.11 Å². The van der Waals surface area contributed by atoms with Gasteiger partial charge in [-0.05, 0) is 51.0 Å². The van der Waals surface area contributed by atoms with Gasteiger partial charge in [0, 0.05) is 12.6 Å². The van der Waals surface area contributed by atoms with Crippen molar-refractivity contribution in [2.75, 3.05) is 13.2 Å². The van der Waals surface area contributed by atoms with E-state index in [1.807, 2.05) is 0 Å². The minimum atomic E-state index is 0.327. The molecule has 1 saturated carbocycles. The van der Waals surface area contributed by atoms with Gasteiger partial charge in [-0.3, -0.25) is 0 Å². The van der Waals surface area contributed by atoms with E-state index in [0.717, 1.165) is 24.7 Å². The summed E-state index contributed by atoms with van der Waals surface area (Å²) in [4.78, 5) is 0. The molecule has 1 atom stereocenters. The van der Waals surface area contributed by atoms with Crippen LogP contribution in [0.5, 0.6) is 0 Å². The van der Waals surface area contributed by atoms with Crippen LogP contribution in [0.25, 0.3) is 0 Å². The topological polar surface area (TPSA) is 32.3 Å². The zero-order valence-electron chi connectivity index (χ0n) is 11.0. The van der Waals surface area contributed by atoms with Crippen molar-refractivity contribution in [3.05, 3.63) is 0 Å². The zero-order valence-corrected chi connectivity index (χ0v) is 11.0. The van der Waals surface area contributed by atoms with Gasteiger partial charge >= 0.3 is 0 Å². The zero-order chi connectivity index (χ0) is 11.8. The average molecular weight is 227 g/mol. The number of hydrogen-bond acceptors (Lipinski definition) is 2. The molecule has 0 spiro atoms. The number of rotatable bonds is 7. The SMILES string of the molecule is CCC1CCC(CNC(C)CCCO)CC1. The molecule has 0 aromatic heterocycles. The van der Waals surface area contributed by atoms with Gasteiger partial charge in [0.2, 0.25) is 0 Å². The minimum absolute atomic E-state index is 0.327. The Balaban J connectivity index is 2.05. The van der Waals surface area contributed by atoms with Gasteiger partial charge in [-0.15, -0.1) is 0 Å². The molecule has 0 aromatic carbocycles. The summed E-state index contributed by atoms with van der Waals surface area (Å²) in [5.41, 5.74) is 0. The summed E-state index contributed by atoms with van der Waals surface area (Å²) >= 11 is 0. The molecule has 0 radical (unpaired) electrons. The van der Waals surface area contributed by atoms with Gasteiger partial charge in [-0.2, -0.15) is 0 Å². The number of aliphatic hydroxyl groups excluding tert-OH is 1. The molecule has 1 aliphatic rings. The van der Waals surface area contributed by atoms with Crippen molar-refractivity contribution in [3.8, 4) is 0 Å². The Hall–Kier alpha value is -0.0800. The molecule has 0 aliphatic heterocycles. The summed E-state index contributed by atoms with van der Waals surface area (Å²) < 4.78 is 0. The van der Waals surface area contributed by atoms with E-state index in [9.17, 15) is 0 Å². The maximum atomic E-state index is 8.76.